The minimum Gasteiger partial charge on any atom is -0.299 e. The average Bonchev–Trinajstić information content (AvgIpc) is 3.68. The lowest BCUT2D eigenvalue weighted by atomic mass is 9.95. The highest BCUT2D eigenvalue weighted by molar-refractivity contribution is 5.81. The van der Waals surface area contributed by atoms with Gasteiger partial charge in [0.25, 0.3) is 0 Å². The Morgan fingerprint density at radius 2 is 1.68 bits per heavy atom. The van der Waals surface area contributed by atoms with E-state index in [4.69, 9.17) is 9.97 Å². The fourth-order valence-corrected chi connectivity index (χ4v) is 5.53. The van der Waals surface area contributed by atoms with Crippen molar-refractivity contribution in [1.82, 2.24) is 39.4 Å². The monoisotopic (exact) mass is 526 g/mol. The van der Waals surface area contributed by atoms with Gasteiger partial charge >= 0.3 is 0 Å². The highest BCUT2D eigenvalue weighted by Gasteiger charge is 2.24. The fourth-order valence-electron chi connectivity index (χ4n) is 5.53. The number of H-pyrrole nitrogens is 1. The first-order valence-corrected chi connectivity index (χ1v) is 13.8. The third-order valence-electron chi connectivity index (χ3n) is 7.70. The molecular weight excluding hydrogens is 496 g/mol. The van der Waals surface area contributed by atoms with Crippen LogP contribution in [0.5, 0.6) is 0 Å². The first-order valence-electron chi connectivity index (χ1n) is 13.8. The van der Waals surface area contributed by atoms with Gasteiger partial charge in [-0.3, -0.25) is 14.4 Å². The Hall–Kier alpha value is -4.69. The average molecular weight is 527 g/mol. The number of piperidine rings is 1. The standard InChI is InChI=1S/C32H30N8/c1-22-6-5-9-28(34-22)31-36-30(37-38-31)26-14-17-39(18-15-26)20-23-10-12-25(13-11-23)29-27(24-7-3-2-4-8-24)21-40-19-16-33-32(40)35-29/h2-13,16,19,21,26H,14-15,17-18,20H2,1H3,(H,36,37,38). The van der Waals surface area contributed by atoms with Gasteiger partial charge in [0.1, 0.15) is 11.5 Å². The molecule has 0 saturated carbocycles. The molecule has 1 fully saturated rings. The normalized spacial score (nSPS) is 14.6. The lowest BCUT2D eigenvalue weighted by Gasteiger charge is -2.31. The molecule has 0 spiro atoms. The van der Waals surface area contributed by atoms with E-state index in [2.05, 4.69) is 79.8 Å². The quantitative estimate of drug-likeness (QED) is 0.289. The Morgan fingerprint density at radius 3 is 2.48 bits per heavy atom. The van der Waals surface area contributed by atoms with Crippen LogP contribution < -0.4 is 0 Å². The summed E-state index contributed by atoms with van der Waals surface area (Å²) in [5, 5.41) is 7.61. The molecular formula is C32H30N8. The maximum Gasteiger partial charge on any atom is 0.234 e. The first kappa shape index (κ1) is 24.4. The van der Waals surface area contributed by atoms with Crippen LogP contribution >= 0.6 is 0 Å². The van der Waals surface area contributed by atoms with Crippen molar-refractivity contribution in [3.8, 4) is 33.9 Å². The van der Waals surface area contributed by atoms with Crippen molar-refractivity contribution in [2.24, 2.45) is 0 Å². The molecule has 1 saturated heterocycles. The fraction of sp³-hybridized carbons (Fsp3) is 0.219. The number of fused-ring (bicyclic) bond motifs is 1. The van der Waals surface area contributed by atoms with E-state index in [0.29, 0.717) is 17.5 Å². The molecule has 6 aromatic rings. The van der Waals surface area contributed by atoms with Crippen LogP contribution in [0.1, 0.15) is 35.8 Å². The summed E-state index contributed by atoms with van der Waals surface area (Å²) in [7, 11) is 0. The summed E-state index contributed by atoms with van der Waals surface area (Å²) in [5.41, 5.74) is 7.37. The molecule has 40 heavy (non-hydrogen) atoms. The van der Waals surface area contributed by atoms with E-state index < -0.39 is 0 Å². The number of imidazole rings is 1. The molecule has 7 rings (SSSR count). The molecule has 0 bridgehead atoms. The number of likely N-dealkylation sites (tertiary alicyclic amines) is 1. The lowest BCUT2D eigenvalue weighted by molar-refractivity contribution is 0.202. The molecule has 2 aromatic carbocycles. The first-order chi connectivity index (χ1) is 19.7. The van der Waals surface area contributed by atoms with Crippen molar-refractivity contribution in [2.75, 3.05) is 13.1 Å². The largest absolute Gasteiger partial charge is 0.299 e. The summed E-state index contributed by atoms with van der Waals surface area (Å²) in [5.74, 6) is 2.75. The van der Waals surface area contributed by atoms with Gasteiger partial charge < -0.3 is 0 Å². The van der Waals surface area contributed by atoms with E-state index in [-0.39, 0.29) is 0 Å². The molecule has 5 heterocycles. The van der Waals surface area contributed by atoms with Crippen molar-refractivity contribution in [1.29, 1.82) is 0 Å². The van der Waals surface area contributed by atoms with E-state index in [1.807, 2.05) is 41.8 Å². The van der Waals surface area contributed by atoms with Gasteiger partial charge in [-0.1, -0.05) is 60.7 Å². The number of pyridine rings is 1. The van der Waals surface area contributed by atoms with Gasteiger partial charge in [0.05, 0.1) is 5.69 Å². The van der Waals surface area contributed by atoms with Gasteiger partial charge in [0.2, 0.25) is 5.78 Å². The maximum absolute atomic E-state index is 4.91. The molecule has 8 nitrogen and oxygen atoms in total. The Balaban J connectivity index is 1.03. The van der Waals surface area contributed by atoms with E-state index in [0.717, 1.165) is 72.1 Å². The molecule has 8 heteroatoms. The van der Waals surface area contributed by atoms with E-state index in [1.165, 1.54) is 5.56 Å². The second kappa shape index (κ2) is 10.5. The summed E-state index contributed by atoms with van der Waals surface area (Å²) >= 11 is 0. The number of hydrogen-bond acceptors (Lipinski definition) is 6. The number of aromatic nitrogens is 7. The van der Waals surface area contributed by atoms with Gasteiger partial charge in [-0.25, -0.2) is 19.9 Å². The zero-order valence-electron chi connectivity index (χ0n) is 22.4. The van der Waals surface area contributed by atoms with Crippen molar-refractivity contribution in [3.05, 3.63) is 108 Å². The molecule has 0 aliphatic carbocycles. The molecule has 0 amide bonds. The van der Waals surface area contributed by atoms with Crippen LogP contribution in [0.25, 0.3) is 39.7 Å². The van der Waals surface area contributed by atoms with Crippen LogP contribution in [-0.4, -0.2) is 52.5 Å². The Morgan fingerprint density at radius 1 is 0.850 bits per heavy atom. The SMILES string of the molecule is Cc1cccc(-c2n[nH]c(C3CCN(Cc4ccc(-c5nc6nccn6cc5-c5ccccc5)cc4)CC3)n2)n1. The van der Waals surface area contributed by atoms with Crippen LogP contribution in [0.2, 0.25) is 0 Å². The number of nitrogens with zero attached hydrogens (tertiary/aromatic N) is 7. The van der Waals surface area contributed by atoms with Crippen molar-refractivity contribution in [2.45, 2.75) is 32.2 Å². The minimum atomic E-state index is 0.393. The van der Waals surface area contributed by atoms with Crippen LogP contribution in [0.15, 0.2) is 91.4 Å². The minimum absolute atomic E-state index is 0.393. The second-order valence-corrected chi connectivity index (χ2v) is 10.5. The van der Waals surface area contributed by atoms with E-state index in [9.17, 15) is 0 Å². The number of hydrogen-bond donors (Lipinski definition) is 1. The summed E-state index contributed by atoms with van der Waals surface area (Å²) in [4.78, 5) is 21.2. The summed E-state index contributed by atoms with van der Waals surface area (Å²) in [6, 6.07) is 25.2. The molecule has 198 valence electrons. The number of aryl methyl sites for hydroxylation is 1. The van der Waals surface area contributed by atoms with Gasteiger partial charge in [-0.15, -0.1) is 0 Å². The molecule has 0 unspecified atom stereocenters. The Bertz CT molecular complexity index is 1750. The van der Waals surface area contributed by atoms with Crippen LogP contribution in [-0.2, 0) is 6.54 Å². The second-order valence-electron chi connectivity index (χ2n) is 10.5. The predicted octanol–water partition coefficient (Wildman–Crippen LogP) is 5.93. The van der Waals surface area contributed by atoms with Gasteiger partial charge in [-0.2, -0.15) is 5.10 Å². The lowest BCUT2D eigenvalue weighted by Crippen LogP contribution is -2.32. The van der Waals surface area contributed by atoms with Crippen LogP contribution in [0.3, 0.4) is 0 Å². The van der Waals surface area contributed by atoms with Crippen LogP contribution in [0, 0.1) is 6.92 Å². The zero-order chi connectivity index (χ0) is 26.9. The van der Waals surface area contributed by atoms with Crippen molar-refractivity contribution in [3.63, 3.8) is 0 Å². The van der Waals surface area contributed by atoms with Gasteiger partial charge in [-0.05, 0) is 56.1 Å². The maximum atomic E-state index is 4.91. The third-order valence-corrected chi connectivity index (χ3v) is 7.70. The van der Waals surface area contributed by atoms with Crippen molar-refractivity contribution < 1.29 is 0 Å². The molecule has 4 aromatic heterocycles. The third kappa shape index (κ3) is 4.89. The van der Waals surface area contributed by atoms with E-state index >= 15 is 0 Å². The summed E-state index contributed by atoms with van der Waals surface area (Å²) in [6.45, 7) is 4.97. The summed E-state index contributed by atoms with van der Waals surface area (Å²) < 4.78 is 1.98. The highest BCUT2D eigenvalue weighted by Crippen LogP contribution is 2.32. The van der Waals surface area contributed by atoms with Crippen LogP contribution in [0.4, 0.5) is 0 Å². The Kier molecular flexibility index (Phi) is 6.37. The number of rotatable bonds is 6. The number of nitrogens with one attached hydrogen (secondary N) is 1. The molecule has 0 radical (unpaired) electrons. The van der Waals surface area contributed by atoms with Gasteiger partial charge in [0, 0.05) is 47.9 Å². The molecule has 1 aliphatic rings. The van der Waals surface area contributed by atoms with E-state index in [1.54, 1.807) is 6.20 Å². The number of benzene rings is 2. The zero-order valence-corrected chi connectivity index (χ0v) is 22.4. The van der Waals surface area contributed by atoms with Gasteiger partial charge in [0.15, 0.2) is 5.82 Å². The van der Waals surface area contributed by atoms with Crippen molar-refractivity contribution >= 4 is 5.78 Å². The summed E-state index contributed by atoms with van der Waals surface area (Å²) in [6.07, 6.45) is 7.96. The topological polar surface area (TPSA) is 87.9 Å². The smallest absolute Gasteiger partial charge is 0.234 e. The molecule has 1 aliphatic heterocycles. The number of aromatic amines is 1. The molecule has 0 atom stereocenters. The highest BCUT2D eigenvalue weighted by atomic mass is 15.2. The molecule has 1 N–H and O–H groups in total. The Labute approximate surface area is 232 Å². The predicted molar refractivity (Wildman–Crippen MR) is 155 cm³/mol.